The number of urea groups is 1. The molecule has 0 fully saturated rings. The summed E-state index contributed by atoms with van der Waals surface area (Å²) in [7, 11) is 0. The summed E-state index contributed by atoms with van der Waals surface area (Å²) in [4.78, 5) is 22.0. The van der Waals surface area contributed by atoms with Gasteiger partial charge in [0.2, 0.25) is 0 Å². The zero-order chi connectivity index (χ0) is 15.1. The Hall–Kier alpha value is -1.63. The van der Waals surface area contributed by atoms with Crippen molar-refractivity contribution >= 4 is 33.6 Å². The highest BCUT2D eigenvalue weighted by atomic mass is 79.9. The van der Waals surface area contributed by atoms with Crippen LogP contribution in [0, 0.1) is 5.82 Å². The smallest absolute Gasteiger partial charge is 0.319 e. The molecule has 2 amide bonds. The average Bonchev–Trinajstić information content (AvgIpc) is 2.33. The third-order valence-corrected chi connectivity index (χ3v) is 3.23. The molecule has 5 nitrogen and oxygen atoms in total. The van der Waals surface area contributed by atoms with E-state index in [2.05, 4.69) is 26.6 Å². The van der Waals surface area contributed by atoms with E-state index in [1.165, 1.54) is 12.1 Å². The summed E-state index contributed by atoms with van der Waals surface area (Å²) in [5.74, 6) is -1.32. The standard InChI is InChI=1S/C13H16BrFN2O3/c1-8(3-2-4-12(18)19)16-13(20)17-9-5-6-10(14)11(15)7-9/h5-8H,2-4H2,1H3,(H,18,19)(H2,16,17,20). The quantitative estimate of drug-likeness (QED) is 0.738. The predicted octanol–water partition coefficient (Wildman–Crippen LogP) is 3.35. The monoisotopic (exact) mass is 346 g/mol. The fourth-order valence-corrected chi connectivity index (χ4v) is 1.84. The first-order valence-corrected chi connectivity index (χ1v) is 6.92. The third kappa shape index (κ3) is 6.01. The molecule has 0 heterocycles. The molecule has 7 heteroatoms. The molecule has 3 N–H and O–H groups in total. The lowest BCUT2D eigenvalue weighted by Gasteiger charge is -2.14. The lowest BCUT2D eigenvalue weighted by Crippen LogP contribution is -2.36. The van der Waals surface area contributed by atoms with Crippen LogP contribution in [0.3, 0.4) is 0 Å². The Morgan fingerprint density at radius 1 is 1.45 bits per heavy atom. The molecular weight excluding hydrogens is 331 g/mol. The Labute approximate surface area is 124 Å². The minimum atomic E-state index is -0.855. The molecule has 1 unspecified atom stereocenters. The first-order chi connectivity index (χ1) is 9.38. The number of halogens is 2. The topological polar surface area (TPSA) is 78.4 Å². The summed E-state index contributed by atoms with van der Waals surface area (Å²) in [5, 5.41) is 13.7. The molecule has 1 aromatic rings. The van der Waals surface area contributed by atoms with Gasteiger partial charge in [-0.15, -0.1) is 0 Å². The first-order valence-electron chi connectivity index (χ1n) is 6.13. The molecular formula is C13H16BrFN2O3. The number of carboxylic acid groups (broad SMARTS) is 1. The molecule has 0 aliphatic rings. The molecule has 0 spiro atoms. The summed E-state index contributed by atoms with van der Waals surface area (Å²) < 4.78 is 13.6. The molecule has 0 aliphatic heterocycles. The van der Waals surface area contributed by atoms with Crippen molar-refractivity contribution in [1.82, 2.24) is 5.32 Å². The van der Waals surface area contributed by atoms with E-state index < -0.39 is 17.8 Å². The Morgan fingerprint density at radius 3 is 2.75 bits per heavy atom. The second-order valence-corrected chi connectivity index (χ2v) is 5.27. The van der Waals surface area contributed by atoms with Gasteiger partial charge in [0.05, 0.1) is 4.47 Å². The van der Waals surface area contributed by atoms with Crippen molar-refractivity contribution in [2.75, 3.05) is 5.32 Å². The number of aliphatic carboxylic acids is 1. The maximum atomic E-state index is 13.3. The number of hydrogen-bond donors (Lipinski definition) is 3. The van der Waals surface area contributed by atoms with E-state index in [-0.39, 0.29) is 12.5 Å². The maximum absolute atomic E-state index is 13.3. The molecule has 1 atom stereocenters. The number of anilines is 1. The van der Waals surface area contributed by atoms with Crippen LogP contribution < -0.4 is 10.6 Å². The normalized spacial score (nSPS) is 11.8. The number of amides is 2. The van der Waals surface area contributed by atoms with Crippen molar-refractivity contribution in [2.24, 2.45) is 0 Å². The largest absolute Gasteiger partial charge is 0.481 e. The van der Waals surface area contributed by atoms with Gasteiger partial charge in [0.1, 0.15) is 5.82 Å². The molecule has 1 rings (SSSR count). The van der Waals surface area contributed by atoms with Gasteiger partial charge >= 0.3 is 12.0 Å². The zero-order valence-corrected chi connectivity index (χ0v) is 12.5. The summed E-state index contributed by atoms with van der Waals surface area (Å²) in [6, 6.07) is 3.67. The fourth-order valence-electron chi connectivity index (χ4n) is 1.60. The van der Waals surface area contributed by atoms with Crippen LogP contribution in [0.5, 0.6) is 0 Å². The fraction of sp³-hybridized carbons (Fsp3) is 0.385. The van der Waals surface area contributed by atoms with E-state index in [9.17, 15) is 14.0 Å². The van der Waals surface area contributed by atoms with E-state index >= 15 is 0 Å². The highest BCUT2D eigenvalue weighted by molar-refractivity contribution is 9.10. The Balaban J connectivity index is 2.38. The minimum absolute atomic E-state index is 0.0750. The molecule has 0 bridgehead atoms. The number of carboxylic acids is 1. The van der Waals surface area contributed by atoms with Crippen LogP contribution in [-0.4, -0.2) is 23.1 Å². The second kappa shape index (κ2) is 7.84. The summed E-state index contributed by atoms with van der Waals surface area (Å²) in [6.45, 7) is 1.78. The Bertz CT molecular complexity index is 497. The number of carbonyl (C=O) groups is 2. The third-order valence-electron chi connectivity index (χ3n) is 2.58. The summed E-state index contributed by atoms with van der Waals surface area (Å²) >= 11 is 3.02. The Kier molecular flexibility index (Phi) is 6.44. The number of hydrogen-bond acceptors (Lipinski definition) is 2. The number of carbonyl (C=O) groups excluding carboxylic acids is 1. The van der Waals surface area contributed by atoms with Gasteiger partial charge in [0.15, 0.2) is 0 Å². The van der Waals surface area contributed by atoms with Gasteiger partial charge in [0.25, 0.3) is 0 Å². The second-order valence-electron chi connectivity index (χ2n) is 4.41. The van der Waals surface area contributed by atoms with Crippen LogP contribution in [-0.2, 0) is 4.79 Å². The molecule has 0 aliphatic carbocycles. The first kappa shape index (κ1) is 16.4. The average molecular weight is 347 g/mol. The van der Waals surface area contributed by atoms with Crippen LogP contribution >= 0.6 is 15.9 Å². The van der Waals surface area contributed by atoms with Gasteiger partial charge in [-0.25, -0.2) is 9.18 Å². The van der Waals surface area contributed by atoms with Gasteiger partial charge in [-0.3, -0.25) is 4.79 Å². The maximum Gasteiger partial charge on any atom is 0.319 e. The van der Waals surface area contributed by atoms with Crippen molar-refractivity contribution in [3.05, 3.63) is 28.5 Å². The van der Waals surface area contributed by atoms with E-state index in [0.29, 0.717) is 23.0 Å². The van der Waals surface area contributed by atoms with Crippen LogP contribution in [0.2, 0.25) is 0 Å². The van der Waals surface area contributed by atoms with E-state index in [1.54, 1.807) is 13.0 Å². The molecule has 0 aromatic heterocycles. The van der Waals surface area contributed by atoms with Crippen LogP contribution in [0.25, 0.3) is 0 Å². The van der Waals surface area contributed by atoms with Crippen molar-refractivity contribution in [2.45, 2.75) is 32.2 Å². The van der Waals surface area contributed by atoms with Crippen LogP contribution in [0.1, 0.15) is 26.2 Å². The summed E-state index contributed by atoms with van der Waals surface area (Å²) in [5.41, 5.74) is 0.348. The van der Waals surface area contributed by atoms with Gasteiger partial charge in [-0.2, -0.15) is 0 Å². The minimum Gasteiger partial charge on any atom is -0.481 e. The van der Waals surface area contributed by atoms with Crippen LogP contribution in [0.15, 0.2) is 22.7 Å². The van der Waals surface area contributed by atoms with Gasteiger partial charge in [0, 0.05) is 18.2 Å². The Morgan fingerprint density at radius 2 is 2.15 bits per heavy atom. The number of rotatable bonds is 6. The van der Waals surface area contributed by atoms with Gasteiger partial charge < -0.3 is 15.7 Å². The van der Waals surface area contributed by atoms with Crippen molar-refractivity contribution < 1.29 is 19.1 Å². The highest BCUT2D eigenvalue weighted by Gasteiger charge is 2.09. The van der Waals surface area contributed by atoms with E-state index in [1.807, 2.05) is 0 Å². The van der Waals surface area contributed by atoms with E-state index in [0.717, 1.165) is 0 Å². The van der Waals surface area contributed by atoms with E-state index in [4.69, 9.17) is 5.11 Å². The highest BCUT2D eigenvalue weighted by Crippen LogP contribution is 2.19. The lowest BCUT2D eigenvalue weighted by atomic mass is 10.1. The molecule has 0 saturated carbocycles. The van der Waals surface area contributed by atoms with Crippen LogP contribution in [0.4, 0.5) is 14.9 Å². The van der Waals surface area contributed by atoms with Crippen molar-refractivity contribution in [1.29, 1.82) is 0 Å². The van der Waals surface area contributed by atoms with Crippen molar-refractivity contribution in [3.8, 4) is 0 Å². The molecule has 110 valence electrons. The predicted molar refractivity (Wildman–Crippen MR) is 77.2 cm³/mol. The van der Waals surface area contributed by atoms with Gasteiger partial charge in [-0.05, 0) is 53.9 Å². The summed E-state index contributed by atoms with van der Waals surface area (Å²) in [6.07, 6.45) is 1.13. The van der Waals surface area contributed by atoms with Crippen molar-refractivity contribution in [3.63, 3.8) is 0 Å². The zero-order valence-electron chi connectivity index (χ0n) is 11.0. The molecule has 20 heavy (non-hydrogen) atoms. The molecule has 1 aromatic carbocycles. The molecule has 0 saturated heterocycles. The lowest BCUT2D eigenvalue weighted by molar-refractivity contribution is -0.137. The number of benzene rings is 1. The molecule has 0 radical (unpaired) electrons. The number of nitrogens with one attached hydrogen (secondary N) is 2. The van der Waals surface area contributed by atoms with Gasteiger partial charge in [-0.1, -0.05) is 0 Å². The SMILES string of the molecule is CC(CCCC(=O)O)NC(=O)Nc1ccc(Br)c(F)c1.